The van der Waals surface area contributed by atoms with Gasteiger partial charge in [0.15, 0.2) is 17.5 Å². The minimum absolute atomic E-state index is 0.115. The van der Waals surface area contributed by atoms with Crippen molar-refractivity contribution >= 4 is 0 Å². The number of nitrogens with zero attached hydrogens (tertiary/aromatic N) is 1. The summed E-state index contributed by atoms with van der Waals surface area (Å²) in [6.07, 6.45) is 2.11. The summed E-state index contributed by atoms with van der Waals surface area (Å²) in [7, 11) is 0. The maximum atomic E-state index is 13.1. The zero-order valence-corrected chi connectivity index (χ0v) is 11.0. The minimum atomic E-state index is -1.41. The highest BCUT2D eigenvalue weighted by Gasteiger charge is 2.23. The first-order valence-electron chi connectivity index (χ1n) is 6.58. The van der Waals surface area contributed by atoms with Crippen molar-refractivity contribution in [3.63, 3.8) is 0 Å². The molecule has 2 unspecified atom stereocenters. The third-order valence-corrected chi connectivity index (χ3v) is 3.74. The van der Waals surface area contributed by atoms with E-state index in [9.17, 15) is 13.2 Å². The molecule has 0 radical (unpaired) electrons. The Hall–Kier alpha value is -1.07. The molecule has 2 N–H and O–H groups in total. The van der Waals surface area contributed by atoms with Crippen LogP contribution in [0.5, 0.6) is 0 Å². The van der Waals surface area contributed by atoms with E-state index in [2.05, 4.69) is 4.90 Å². The van der Waals surface area contributed by atoms with Gasteiger partial charge in [0, 0.05) is 19.1 Å². The summed E-state index contributed by atoms with van der Waals surface area (Å²) >= 11 is 0. The molecule has 1 aromatic rings. The minimum Gasteiger partial charge on any atom is -0.328 e. The number of likely N-dealkylation sites (tertiary alicyclic amines) is 1. The summed E-state index contributed by atoms with van der Waals surface area (Å²) < 4.78 is 39.2. The Morgan fingerprint density at radius 3 is 2.53 bits per heavy atom. The molecule has 0 aromatic heterocycles. The molecule has 0 saturated carbocycles. The van der Waals surface area contributed by atoms with Gasteiger partial charge in [-0.3, -0.25) is 4.90 Å². The molecular formula is C14H19F3N2. The van der Waals surface area contributed by atoms with Crippen LogP contribution in [0.3, 0.4) is 0 Å². The fourth-order valence-electron chi connectivity index (χ4n) is 2.62. The van der Waals surface area contributed by atoms with Gasteiger partial charge in [-0.25, -0.2) is 13.2 Å². The normalized spacial score (nSPS) is 22.5. The highest BCUT2D eigenvalue weighted by atomic mass is 19.2. The van der Waals surface area contributed by atoms with Gasteiger partial charge in [-0.05, 0) is 49.9 Å². The third-order valence-electron chi connectivity index (χ3n) is 3.74. The zero-order valence-electron chi connectivity index (χ0n) is 11.0. The van der Waals surface area contributed by atoms with Crippen molar-refractivity contribution in [3.05, 3.63) is 35.1 Å². The first kappa shape index (κ1) is 14.3. The molecule has 1 heterocycles. The molecule has 2 rings (SSSR count). The van der Waals surface area contributed by atoms with Gasteiger partial charge in [-0.2, -0.15) is 0 Å². The van der Waals surface area contributed by atoms with Gasteiger partial charge >= 0.3 is 0 Å². The molecule has 0 amide bonds. The quantitative estimate of drug-likeness (QED) is 0.857. The number of rotatable bonds is 3. The van der Waals surface area contributed by atoms with Gasteiger partial charge in [-0.1, -0.05) is 0 Å². The van der Waals surface area contributed by atoms with Crippen molar-refractivity contribution in [2.24, 2.45) is 11.7 Å². The van der Waals surface area contributed by atoms with Crippen LogP contribution in [0, 0.1) is 23.4 Å². The van der Waals surface area contributed by atoms with E-state index >= 15 is 0 Å². The van der Waals surface area contributed by atoms with Crippen molar-refractivity contribution in [2.45, 2.75) is 32.4 Å². The number of hydrogen-bond acceptors (Lipinski definition) is 2. The number of halogens is 3. The predicted octanol–water partition coefficient (Wildman–Crippen LogP) is 2.66. The van der Waals surface area contributed by atoms with Gasteiger partial charge in [0.25, 0.3) is 0 Å². The van der Waals surface area contributed by atoms with Gasteiger partial charge in [-0.15, -0.1) is 0 Å². The Kier molecular flexibility index (Phi) is 4.47. The maximum absolute atomic E-state index is 13.1. The summed E-state index contributed by atoms with van der Waals surface area (Å²) in [6, 6.07) is 2.24. The molecule has 1 aromatic carbocycles. The molecule has 1 saturated heterocycles. The smallest absolute Gasteiger partial charge is 0.194 e. The molecule has 1 fully saturated rings. The van der Waals surface area contributed by atoms with Crippen LogP contribution in [0.15, 0.2) is 12.1 Å². The average molecular weight is 272 g/mol. The Balaban J connectivity index is 2.05. The number of hydrogen-bond donors (Lipinski definition) is 1. The molecule has 1 aliphatic heterocycles. The molecule has 5 heteroatoms. The molecule has 19 heavy (non-hydrogen) atoms. The lowest BCUT2D eigenvalue weighted by Crippen LogP contribution is -2.41. The third kappa shape index (κ3) is 3.48. The number of benzene rings is 1. The summed E-state index contributed by atoms with van der Waals surface area (Å²) in [5.74, 6) is -3.26. The maximum Gasteiger partial charge on any atom is 0.194 e. The molecule has 2 atom stereocenters. The molecule has 2 nitrogen and oxygen atoms in total. The van der Waals surface area contributed by atoms with Crippen LogP contribution in [0.1, 0.15) is 25.3 Å². The molecule has 0 spiro atoms. The Morgan fingerprint density at radius 1 is 1.32 bits per heavy atom. The SMILES string of the molecule is CC(N)C1CCCN(Cc2cc(F)c(F)c(F)c2)C1. The standard InChI is InChI=1S/C14H19F3N2/c1-9(18)11-3-2-4-19(8-11)7-10-5-12(15)14(17)13(16)6-10/h5-6,9,11H,2-4,7-8,18H2,1H3. The van der Waals surface area contributed by atoms with Crippen LogP contribution in [0.25, 0.3) is 0 Å². The van der Waals surface area contributed by atoms with E-state index in [0.717, 1.165) is 38.1 Å². The van der Waals surface area contributed by atoms with Crippen molar-refractivity contribution in [1.82, 2.24) is 4.90 Å². The zero-order chi connectivity index (χ0) is 14.0. The van der Waals surface area contributed by atoms with Crippen molar-refractivity contribution in [3.8, 4) is 0 Å². The van der Waals surface area contributed by atoms with Crippen LogP contribution in [0.2, 0.25) is 0 Å². The Morgan fingerprint density at radius 2 is 1.95 bits per heavy atom. The van der Waals surface area contributed by atoms with Crippen LogP contribution in [-0.4, -0.2) is 24.0 Å². The van der Waals surface area contributed by atoms with Crippen LogP contribution >= 0.6 is 0 Å². The molecule has 0 bridgehead atoms. The van der Waals surface area contributed by atoms with Crippen LogP contribution < -0.4 is 5.73 Å². The summed E-state index contributed by atoms with van der Waals surface area (Å²) in [6.45, 7) is 4.10. The van der Waals surface area contributed by atoms with E-state index in [4.69, 9.17) is 5.73 Å². The van der Waals surface area contributed by atoms with Gasteiger partial charge < -0.3 is 5.73 Å². The lowest BCUT2D eigenvalue weighted by molar-refractivity contribution is 0.154. The van der Waals surface area contributed by atoms with Crippen molar-refractivity contribution < 1.29 is 13.2 Å². The van der Waals surface area contributed by atoms with E-state index in [1.165, 1.54) is 0 Å². The van der Waals surface area contributed by atoms with Crippen molar-refractivity contribution in [1.29, 1.82) is 0 Å². The second-order valence-electron chi connectivity index (χ2n) is 5.37. The number of nitrogens with two attached hydrogens (primary N) is 1. The molecule has 1 aliphatic rings. The van der Waals surface area contributed by atoms with Crippen LogP contribution in [-0.2, 0) is 6.54 Å². The lowest BCUT2D eigenvalue weighted by atomic mass is 9.92. The first-order valence-corrected chi connectivity index (χ1v) is 6.58. The summed E-state index contributed by atoms with van der Waals surface area (Å²) in [5, 5.41) is 0. The first-order chi connectivity index (χ1) is 8.97. The highest BCUT2D eigenvalue weighted by molar-refractivity contribution is 5.19. The number of piperidine rings is 1. The predicted molar refractivity (Wildman–Crippen MR) is 68.0 cm³/mol. The monoisotopic (exact) mass is 272 g/mol. The van der Waals surface area contributed by atoms with Crippen molar-refractivity contribution in [2.75, 3.05) is 13.1 Å². The van der Waals surface area contributed by atoms with Gasteiger partial charge in [0.2, 0.25) is 0 Å². The van der Waals surface area contributed by atoms with E-state index < -0.39 is 17.5 Å². The highest BCUT2D eigenvalue weighted by Crippen LogP contribution is 2.21. The Labute approximate surface area is 111 Å². The summed E-state index contributed by atoms with van der Waals surface area (Å²) in [4.78, 5) is 2.11. The van der Waals surface area contributed by atoms with E-state index in [1.807, 2.05) is 6.92 Å². The largest absolute Gasteiger partial charge is 0.328 e. The molecular weight excluding hydrogens is 253 g/mol. The summed E-state index contributed by atoms with van der Waals surface area (Å²) in [5.41, 5.74) is 6.35. The van der Waals surface area contributed by atoms with Crippen LogP contribution in [0.4, 0.5) is 13.2 Å². The molecule has 106 valence electrons. The second kappa shape index (κ2) is 5.92. The van der Waals surface area contributed by atoms with E-state index in [-0.39, 0.29) is 6.04 Å². The fourth-order valence-corrected chi connectivity index (χ4v) is 2.62. The topological polar surface area (TPSA) is 29.3 Å². The molecule has 0 aliphatic carbocycles. The van der Waals surface area contributed by atoms with Gasteiger partial charge in [0.1, 0.15) is 0 Å². The lowest BCUT2D eigenvalue weighted by Gasteiger charge is -2.34. The fraction of sp³-hybridized carbons (Fsp3) is 0.571. The van der Waals surface area contributed by atoms with E-state index in [1.54, 1.807) is 0 Å². The Bertz CT molecular complexity index is 425. The second-order valence-corrected chi connectivity index (χ2v) is 5.37. The van der Waals surface area contributed by atoms with E-state index in [0.29, 0.717) is 18.0 Å². The average Bonchev–Trinajstić information content (AvgIpc) is 2.36. The van der Waals surface area contributed by atoms with Gasteiger partial charge in [0.05, 0.1) is 0 Å².